The molecule has 3 rings (SSSR count). The summed E-state index contributed by atoms with van der Waals surface area (Å²) < 4.78 is 19.4. The van der Waals surface area contributed by atoms with E-state index in [1.165, 1.54) is 12.5 Å². The molecular weight excluding hydrogens is 243 g/mol. The maximum Gasteiger partial charge on any atom is 0.124 e. The molecule has 19 heavy (non-hydrogen) atoms. The van der Waals surface area contributed by atoms with Crippen LogP contribution in [0.4, 0.5) is 4.39 Å². The van der Waals surface area contributed by atoms with Gasteiger partial charge in [0.05, 0.1) is 6.10 Å². The van der Waals surface area contributed by atoms with Gasteiger partial charge in [0.15, 0.2) is 0 Å². The third kappa shape index (κ3) is 3.25. The first-order chi connectivity index (χ1) is 9.31. The van der Waals surface area contributed by atoms with E-state index in [0.717, 1.165) is 56.9 Å². The molecule has 0 unspecified atom stereocenters. The van der Waals surface area contributed by atoms with Crippen molar-refractivity contribution in [1.29, 1.82) is 0 Å². The fourth-order valence-electron chi connectivity index (χ4n) is 2.56. The molecule has 1 aromatic carbocycles. The highest BCUT2D eigenvalue weighted by Gasteiger charge is 2.21. The van der Waals surface area contributed by atoms with Crippen LogP contribution in [0, 0.1) is 5.82 Å². The molecule has 0 bridgehead atoms. The standard InChI is InChI=1S/C15H21FN2O/c16-13-4-5-15(19-14-2-1-3-14)12(10-13)11-18-8-6-17-7-9-18/h4-5,10,14,17H,1-3,6-9,11H2. The molecule has 104 valence electrons. The van der Waals surface area contributed by atoms with E-state index < -0.39 is 0 Å². The molecule has 1 heterocycles. The number of nitrogens with one attached hydrogen (secondary N) is 1. The van der Waals surface area contributed by atoms with Crippen LogP contribution in [0.15, 0.2) is 18.2 Å². The lowest BCUT2D eigenvalue weighted by Gasteiger charge is -2.30. The van der Waals surface area contributed by atoms with Gasteiger partial charge in [-0.3, -0.25) is 4.90 Å². The quantitative estimate of drug-likeness (QED) is 0.902. The maximum absolute atomic E-state index is 13.4. The summed E-state index contributed by atoms with van der Waals surface area (Å²) in [5, 5.41) is 3.33. The molecule has 1 aromatic rings. The van der Waals surface area contributed by atoms with Crippen LogP contribution in [0.1, 0.15) is 24.8 Å². The van der Waals surface area contributed by atoms with E-state index in [1.54, 1.807) is 12.1 Å². The molecule has 1 saturated heterocycles. The Bertz CT molecular complexity index is 428. The molecule has 0 radical (unpaired) electrons. The first-order valence-electron chi connectivity index (χ1n) is 7.19. The number of benzene rings is 1. The zero-order valence-electron chi connectivity index (χ0n) is 11.2. The zero-order valence-corrected chi connectivity index (χ0v) is 11.2. The predicted molar refractivity (Wildman–Crippen MR) is 72.8 cm³/mol. The molecule has 4 heteroatoms. The molecule has 2 fully saturated rings. The summed E-state index contributed by atoms with van der Waals surface area (Å²) >= 11 is 0. The minimum Gasteiger partial charge on any atom is -0.490 e. The van der Waals surface area contributed by atoms with Crippen molar-refractivity contribution in [3.05, 3.63) is 29.6 Å². The van der Waals surface area contributed by atoms with Crippen LogP contribution < -0.4 is 10.1 Å². The van der Waals surface area contributed by atoms with Crippen molar-refractivity contribution in [2.75, 3.05) is 26.2 Å². The van der Waals surface area contributed by atoms with Gasteiger partial charge in [-0.15, -0.1) is 0 Å². The molecule has 1 aliphatic heterocycles. The van der Waals surface area contributed by atoms with Crippen LogP contribution in [0.3, 0.4) is 0 Å². The second-order valence-corrected chi connectivity index (χ2v) is 5.45. The Kier molecular flexibility index (Phi) is 3.99. The minimum atomic E-state index is -0.175. The van der Waals surface area contributed by atoms with Crippen molar-refractivity contribution in [3.8, 4) is 5.75 Å². The summed E-state index contributed by atoms with van der Waals surface area (Å²) in [4.78, 5) is 2.35. The average Bonchev–Trinajstić information content (AvgIpc) is 2.37. The van der Waals surface area contributed by atoms with Crippen LogP contribution in [-0.4, -0.2) is 37.2 Å². The third-order valence-corrected chi connectivity index (χ3v) is 3.97. The third-order valence-electron chi connectivity index (χ3n) is 3.97. The number of hydrogen-bond acceptors (Lipinski definition) is 3. The molecule has 1 aliphatic carbocycles. The number of ether oxygens (including phenoxy) is 1. The van der Waals surface area contributed by atoms with Gasteiger partial charge in [0.2, 0.25) is 0 Å². The second kappa shape index (κ2) is 5.88. The van der Waals surface area contributed by atoms with Crippen LogP contribution >= 0.6 is 0 Å². The van der Waals surface area contributed by atoms with Crippen LogP contribution in [-0.2, 0) is 6.54 Å². The Hall–Kier alpha value is -1.13. The Morgan fingerprint density at radius 1 is 1.26 bits per heavy atom. The summed E-state index contributed by atoms with van der Waals surface area (Å²) in [5.41, 5.74) is 0.980. The molecule has 2 aliphatic rings. The van der Waals surface area contributed by atoms with E-state index in [-0.39, 0.29) is 5.82 Å². The lowest BCUT2D eigenvalue weighted by Crippen LogP contribution is -2.43. The van der Waals surface area contributed by atoms with E-state index >= 15 is 0 Å². The van der Waals surface area contributed by atoms with Gasteiger partial charge in [-0.05, 0) is 37.5 Å². The Labute approximate surface area is 113 Å². The first-order valence-corrected chi connectivity index (χ1v) is 7.19. The van der Waals surface area contributed by atoms with Crippen molar-refractivity contribution < 1.29 is 9.13 Å². The average molecular weight is 264 g/mol. The van der Waals surface area contributed by atoms with Crippen molar-refractivity contribution in [2.45, 2.75) is 31.9 Å². The minimum absolute atomic E-state index is 0.175. The van der Waals surface area contributed by atoms with Gasteiger partial charge in [0.25, 0.3) is 0 Å². The van der Waals surface area contributed by atoms with Crippen molar-refractivity contribution >= 4 is 0 Å². The zero-order chi connectivity index (χ0) is 13.1. The summed E-state index contributed by atoms with van der Waals surface area (Å²) in [6, 6.07) is 4.90. The fourth-order valence-corrected chi connectivity index (χ4v) is 2.56. The highest BCUT2D eigenvalue weighted by Crippen LogP contribution is 2.29. The fraction of sp³-hybridized carbons (Fsp3) is 0.600. The SMILES string of the molecule is Fc1ccc(OC2CCC2)c(CN2CCNCC2)c1. The summed E-state index contributed by atoms with van der Waals surface area (Å²) in [6.45, 7) is 4.82. The van der Waals surface area contributed by atoms with Gasteiger partial charge in [-0.2, -0.15) is 0 Å². The number of piperazine rings is 1. The molecule has 0 aromatic heterocycles. The van der Waals surface area contributed by atoms with E-state index in [9.17, 15) is 4.39 Å². The van der Waals surface area contributed by atoms with E-state index in [4.69, 9.17) is 4.74 Å². The number of hydrogen-bond donors (Lipinski definition) is 1. The first kappa shape index (κ1) is 12.9. The monoisotopic (exact) mass is 264 g/mol. The summed E-state index contributed by atoms with van der Waals surface area (Å²) in [7, 11) is 0. The van der Waals surface area contributed by atoms with Crippen LogP contribution in [0.2, 0.25) is 0 Å². The van der Waals surface area contributed by atoms with E-state index in [1.807, 2.05) is 0 Å². The summed E-state index contributed by atoms with van der Waals surface area (Å²) in [5.74, 6) is 0.690. The van der Waals surface area contributed by atoms with Gasteiger partial charge in [0, 0.05) is 38.3 Å². The molecule has 3 nitrogen and oxygen atoms in total. The van der Waals surface area contributed by atoms with Gasteiger partial charge in [-0.1, -0.05) is 0 Å². The molecule has 0 atom stereocenters. The lowest BCUT2D eigenvalue weighted by molar-refractivity contribution is 0.117. The molecule has 1 saturated carbocycles. The molecule has 0 amide bonds. The largest absolute Gasteiger partial charge is 0.490 e. The number of nitrogens with zero attached hydrogens (tertiary/aromatic N) is 1. The van der Waals surface area contributed by atoms with E-state index in [2.05, 4.69) is 10.2 Å². The lowest BCUT2D eigenvalue weighted by atomic mass is 9.96. The highest BCUT2D eigenvalue weighted by atomic mass is 19.1. The van der Waals surface area contributed by atoms with Gasteiger partial charge in [-0.25, -0.2) is 4.39 Å². The van der Waals surface area contributed by atoms with Crippen molar-refractivity contribution in [1.82, 2.24) is 10.2 Å². The molecule has 1 N–H and O–H groups in total. The Morgan fingerprint density at radius 2 is 2.05 bits per heavy atom. The molecular formula is C15H21FN2O. The Morgan fingerprint density at radius 3 is 2.74 bits per heavy atom. The van der Waals surface area contributed by atoms with E-state index in [0.29, 0.717) is 6.10 Å². The Balaban J connectivity index is 1.71. The number of rotatable bonds is 4. The second-order valence-electron chi connectivity index (χ2n) is 5.45. The van der Waals surface area contributed by atoms with Gasteiger partial charge >= 0.3 is 0 Å². The van der Waals surface area contributed by atoms with Crippen molar-refractivity contribution in [2.24, 2.45) is 0 Å². The normalized spacial score (nSPS) is 21.1. The predicted octanol–water partition coefficient (Wildman–Crippen LogP) is 2.16. The summed E-state index contributed by atoms with van der Waals surface area (Å²) in [6.07, 6.45) is 3.85. The van der Waals surface area contributed by atoms with Crippen molar-refractivity contribution in [3.63, 3.8) is 0 Å². The van der Waals surface area contributed by atoms with Gasteiger partial charge < -0.3 is 10.1 Å². The highest BCUT2D eigenvalue weighted by molar-refractivity contribution is 5.34. The topological polar surface area (TPSA) is 24.5 Å². The van der Waals surface area contributed by atoms with Crippen LogP contribution in [0.25, 0.3) is 0 Å². The number of halogens is 1. The van der Waals surface area contributed by atoms with Gasteiger partial charge in [0.1, 0.15) is 11.6 Å². The maximum atomic E-state index is 13.4. The molecule has 0 spiro atoms. The van der Waals surface area contributed by atoms with Crippen LogP contribution in [0.5, 0.6) is 5.75 Å². The smallest absolute Gasteiger partial charge is 0.124 e.